The number of nitrogens with one attached hydrogen (secondary N) is 1. The lowest BCUT2D eigenvalue weighted by molar-refractivity contribution is 0.0947. The first-order valence-corrected chi connectivity index (χ1v) is 15.8. The average Bonchev–Trinajstić information content (AvgIpc) is 3.43. The fourth-order valence-corrected chi connectivity index (χ4v) is 7.11. The van der Waals surface area contributed by atoms with Crippen molar-refractivity contribution in [1.82, 2.24) is 19.5 Å². The summed E-state index contributed by atoms with van der Waals surface area (Å²) in [5, 5.41) is 4.05. The molecule has 1 N–H and O–H groups in total. The summed E-state index contributed by atoms with van der Waals surface area (Å²) in [6, 6.07) is 22.0. The van der Waals surface area contributed by atoms with Gasteiger partial charge in [-0.05, 0) is 47.9 Å². The second-order valence-electron chi connectivity index (χ2n) is 9.97. The van der Waals surface area contributed by atoms with Gasteiger partial charge in [0.2, 0.25) is 10.0 Å². The molecule has 1 aliphatic heterocycles. The molecule has 40 heavy (non-hydrogen) atoms. The molecule has 4 aromatic rings. The number of fused-ring (bicyclic) bond motifs is 1. The van der Waals surface area contributed by atoms with Gasteiger partial charge < -0.3 is 10.2 Å². The summed E-state index contributed by atoms with van der Waals surface area (Å²) >= 11 is 1.76. The van der Waals surface area contributed by atoms with Crippen LogP contribution in [0, 0.1) is 0 Å². The van der Waals surface area contributed by atoms with Crippen molar-refractivity contribution in [3.05, 3.63) is 89.5 Å². The fourth-order valence-electron chi connectivity index (χ4n) is 4.89. The summed E-state index contributed by atoms with van der Waals surface area (Å²) in [5.41, 5.74) is 3.77. The SMILES string of the molecule is CCc1cccc2sc(N3CCN(CCNC(=O)c4ccc(S(=O)(=O)N(C)Cc5ccccc5)cc4)CC3)nc12. The van der Waals surface area contributed by atoms with Crippen molar-refractivity contribution in [1.29, 1.82) is 0 Å². The van der Waals surface area contributed by atoms with Crippen molar-refractivity contribution < 1.29 is 13.2 Å². The van der Waals surface area contributed by atoms with Gasteiger partial charge in [-0.25, -0.2) is 13.4 Å². The molecule has 0 bridgehead atoms. The van der Waals surface area contributed by atoms with E-state index in [1.165, 1.54) is 26.7 Å². The standard InChI is InChI=1S/C30H35N5O3S2/c1-3-24-10-7-11-27-28(24)32-30(39-27)35-20-18-34(19-21-35)17-16-31-29(36)25-12-14-26(15-13-25)40(37,38)33(2)22-23-8-5-4-6-9-23/h4-15H,3,16-22H2,1-2H3,(H,31,36). The Balaban J connectivity index is 1.08. The van der Waals surface area contributed by atoms with Crippen LogP contribution in [0.4, 0.5) is 5.13 Å². The van der Waals surface area contributed by atoms with Crippen molar-refractivity contribution in [3.8, 4) is 0 Å². The molecule has 1 aliphatic rings. The molecule has 1 fully saturated rings. The van der Waals surface area contributed by atoms with E-state index >= 15 is 0 Å². The van der Waals surface area contributed by atoms with Gasteiger partial charge >= 0.3 is 0 Å². The highest BCUT2D eigenvalue weighted by Crippen LogP contribution is 2.31. The first-order chi connectivity index (χ1) is 19.3. The molecular weight excluding hydrogens is 542 g/mol. The number of hydrogen-bond donors (Lipinski definition) is 1. The Morgan fingerprint density at radius 3 is 2.40 bits per heavy atom. The predicted molar refractivity (Wildman–Crippen MR) is 162 cm³/mol. The number of hydrogen-bond acceptors (Lipinski definition) is 7. The van der Waals surface area contributed by atoms with Crippen LogP contribution >= 0.6 is 11.3 Å². The van der Waals surface area contributed by atoms with Crippen molar-refractivity contribution >= 4 is 42.6 Å². The first kappa shape index (κ1) is 28.2. The molecule has 0 aliphatic carbocycles. The molecule has 0 radical (unpaired) electrons. The van der Waals surface area contributed by atoms with Gasteiger partial charge in [0.05, 0.1) is 15.1 Å². The monoisotopic (exact) mass is 577 g/mol. The number of nitrogens with zero attached hydrogens (tertiary/aromatic N) is 4. The van der Waals surface area contributed by atoms with E-state index in [-0.39, 0.29) is 17.3 Å². The molecule has 5 rings (SSSR count). The number of aromatic nitrogens is 1. The van der Waals surface area contributed by atoms with Crippen molar-refractivity contribution in [2.24, 2.45) is 0 Å². The molecule has 0 atom stereocenters. The minimum Gasteiger partial charge on any atom is -0.351 e. The quantitative estimate of drug-likeness (QED) is 0.304. The summed E-state index contributed by atoms with van der Waals surface area (Å²) < 4.78 is 28.5. The van der Waals surface area contributed by atoms with Gasteiger partial charge in [0.1, 0.15) is 0 Å². The summed E-state index contributed by atoms with van der Waals surface area (Å²) in [6.07, 6.45) is 0.982. The Bertz CT molecular complexity index is 1550. The zero-order chi connectivity index (χ0) is 28.1. The maximum atomic E-state index is 13.0. The van der Waals surface area contributed by atoms with Crippen LogP contribution in [-0.4, -0.2) is 74.8 Å². The van der Waals surface area contributed by atoms with Crippen LogP contribution in [0.25, 0.3) is 10.2 Å². The molecule has 0 spiro atoms. The second-order valence-corrected chi connectivity index (χ2v) is 13.0. The van der Waals surface area contributed by atoms with Gasteiger partial charge in [-0.1, -0.05) is 60.7 Å². The number of aryl methyl sites for hydroxylation is 1. The lowest BCUT2D eigenvalue weighted by Crippen LogP contribution is -2.48. The molecule has 8 nitrogen and oxygen atoms in total. The van der Waals surface area contributed by atoms with Crippen molar-refractivity contribution in [2.45, 2.75) is 24.8 Å². The molecule has 1 aromatic heterocycles. The molecule has 10 heteroatoms. The first-order valence-electron chi connectivity index (χ1n) is 13.6. The van der Waals surface area contributed by atoms with Gasteiger partial charge in [0.15, 0.2) is 5.13 Å². The number of carbonyl (C=O) groups excluding carboxylic acids is 1. The zero-order valence-corrected chi connectivity index (χ0v) is 24.5. The molecule has 1 saturated heterocycles. The topological polar surface area (TPSA) is 85.8 Å². The Kier molecular flexibility index (Phi) is 8.80. The van der Waals surface area contributed by atoms with Crippen LogP contribution in [0.1, 0.15) is 28.4 Å². The van der Waals surface area contributed by atoms with Crippen LogP contribution in [0.5, 0.6) is 0 Å². The van der Waals surface area contributed by atoms with Crippen LogP contribution in [0.3, 0.4) is 0 Å². The van der Waals surface area contributed by atoms with E-state index in [0.29, 0.717) is 12.1 Å². The normalized spacial score (nSPS) is 14.6. The third-order valence-corrected chi connectivity index (χ3v) is 10.2. The van der Waals surface area contributed by atoms with E-state index in [1.54, 1.807) is 30.5 Å². The Labute approximate surface area is 240 Å². The Hall–Kier alpha value is -3.31. The average molecular weight is 578 g/mol. The smallest absolute Gasteiger partial charge is 0.251 e. The van der Waals surface area contributed by atoms with Gasteiger partial charge in [-0.3, -0.25) is 9.69 Å². The number of anilines is 1. The second kappa shape index (κ2) is 12.5. The van der Waals surface area contributed by atoms with Gasteiger partial charge in [0.25, 0.3) is 5.91 Å². The van der Waals surface area contributed by atoms with E-state index in [0.717, 1.165) is 55.4 Å². The molecule has 1 amide bonds. The van der Waals surface area contributed by atoms with Crippen molar-refractivity contribution in [3.63, 3.8) is 0 Å². The highest BCUT2D eigenvalue weighted by molar-refractivity contribution is 7.89. The van der Waals surface area contributed by atoms with E-state index < -0.39 is 10.0 Å². The molecule has 0 saturated carbocycles. The minimum atomic E-state index is -3.66. The number of thiazole rings is 1. The van der Waals surface area contributed by atoms with E-state index in [4.69, 9.17) is 4.98 Å². The van der Waals surface area contributed by atoms with Gasteiger partial charge in [-0.15, -0.1) is 0 Å². The largest absolute Gasteiger partial charge is 0.351 e. The van der Waals surface area contributed by atoms with E-state index in [9.17, 15) is 13.2 Å². The fraction of sp³-hybridized carbons (Fsp3) is 0.333. The van der Waals surface area contributed by atoms with E-state index in [1.807, 2.05) is 30.3 Å². The lowest BCUT2D eigenvalue weighted by atomic mass is 10.1. The molecule has 3 aromatic carbocycles. The third kappa shape index (κ3) is 6.36. The zero-order valence-electron chi connectivity index (χ0n) is 22.9. The van der Waals surface area contributed by atoms with Crippen molar-refractivity contribution in [2.75, 3.05) is 51.2 Å². The molecular formula is C30H35N5O3S2. The third-order valence-electron chi connectivity index (χ3n) is 7.30. The molecule has 0 unspecified atom stereocenters. The Morgan fingerprint density at radius 2 is 1.70 bits per heavy atom. The van der Waals surface area contributed by atoms with Crippen LogP contribution < -0.4 is 10.2 Å². The van der Waals surface area contributed by atoms with Crippen LogP contribution in [-0.2, 0) is 23.0 Å². The maximum absolute atomic E-state index is 13.0. The number of carbonyl (C=O) groups is 1. The maximum Gasteiger partial charge on any atom is 0.251 e. The number of benzene rings is 3. The molecule has 2 heterocycles. The summed E-state index contributed by atoms with van der Waals surface area (Å²) in [4.78, 5) is 22.5. The number of sulfonamides is 1. The Morgan fingerprint density at radius 1 is 0.975 bits per heavy atom. The molecule has 210 valence electrons. The predicted octanol–water partition coefficient (Wildman–Crippen LogP) is 4.23. The number of rotatable bonds is 10. The highest BCUT2D eigenvalue weighted by atomic mass is 32.2. The highest BCUT2D eigenvalue weighted by Gasteiger charge is 2.22. The number of para-hydroxylation sites is 1. The summed E-state index contributed by atoms with van der Waals surface area (Å²) in [6.45, 7) is 7.37. The van der Waals surface area contributed by atoms with Gasteiger partial charge in [0, 0.05) is 58.4 Å². The number of piperazine rings is 1. The lowest BCUT2D eigenvalue weighted by Gasteiger charge is -2.34. The summed E-state index contributed by atoms with van der Waals surface area (Å²) in [7, 11) is -2.10. The van der Waals surface area contributed by atoms with E-state index in [2.05, 4.69) is 40.2 Å². The minimum absolute atomic E-state index is 0.166. The number of amides is 1. The summed E-state index contributed by atoms with van der Waals surface area (Å²) in [5.74, 6) is -0.207. The van der Waals surface area contributed by atoms with Gasteiger partial charge in [-0.2, -0.15) is 4.31 Å². The van der Waals surface area contributed by atoms with Crippen LogP contribution in [0.2, 0.25) is 0 Å². The van der Waals surface area contributed by atoms with Crippen LogP contribution in [0.15, 0.2) is 77.7 Å².